The topological polar surface area (TPSA) is 96.4 Å². The van der Waals surface area contributed by atoms with Gasteiger partial charge in [-0.1, -0.05) is 79.7 Å². The van der Waals surface area contributed by atoms with Crippen molar-refractivity contribution in [1.29, 1.82) is 0 Å². The minimum Gasteiger partial charge on any atom is -0.465 e. The smallest absolute Gasteiger partial charge is 0.312 e. The van der Waals surface area contributed by atoms with Gasteiger partial charge < -0.3 is 24.4 Å². The summed E-state index contributed by atoms with van der Waals surface area (Å²) in [5, 5.41) is 10.7. The van der Waals surface area contributed by atoms with Crippen molar-refractivity contribution in [2.24, 2.45) is 17.8 Å². The Hall–Kier alpha value is -3.75. The first-order valence-electron chi connectivity index (χ1n) is 15.6. The second-order valence-corrected chi connectivity index (χ2v) is 12.6. The van der Waals surface area contributed by atoms with E-state index in [1.54, 1.807) is 17.1 Å². The number of hydrogen-bond donors (Lipinski definition) is 1. The van der Waals surface area contributed by atoms with Gasteiger partial charge in [0.05, 0.1) is 30.8 Å². The second kappa shape index (κ2) is 13.1. The van der Waals surface area contributed by atoms with Gasteiger partial charge in [0.25, 0.3) is 0 Å². The number of fused-ring (bicyclic) bond motifs is 1. The van der Waals surface area contributed by atoms with Crippen molar-refractivity contribution in [3.8, 4) is 0 Å². The van der Waals surface area contributed by atoms with Crippen LogP contribution in [0.4, 0.5) is 0 Å². The summed E-state index contributed by atoms with van der Waals surface area (Å²) in [6.45, 7) is 11.9. The third-order valence-corrected chi connectivity index (χ3v) is 9.83. The van der Waals surface area contributed by atoms with Gasteiger partial charge in [0.1, 0.15) is 17.6 Å². The number of likely N-dealkylation sites (tertiary alicyclic amines) is 1. The largest absolute Gasteiger partial charge is 0.465 e. The molecule has 8 nitrogen and oxygen atoms in total. The Balaban J connectivity index is 1.57. The summed E-state index contributed by atoms with van der Waals surface area (Å²) in [6.07, 6.45) is 5.56. The van der Waals surface area contributed by atoms with E-state index in [9.17, 15) is 19.5 Å². The molecule has 7 atom stereocenters. The molecule has 2 bridgehead atoms. The minimum atomic E-state index is -1.24. The zero-order chi connectivity index (χ0) is 31.5. The van der Waals surface area contributed by atoms with Gasteiger partial charge in [-0.3, -0.25) is 14.4 Å². The van der Waals surface area contributed by atoms with Crippen LogP contribution >= 0.6 is 0 Å². The van der Waals surface area contributed by atoms with Crippen molar-refractivity contribution in [2.75, 3.05) is 19.8 Å². The normalized spacial score (nSPS) is 29.2. The van der Waals surface area contributed by atoms with Gasteiger partial charge in [0, 0.05) is 13.1 Å². The molecule has 0 aliphatic carbocycles. The van der Waals surface area contributed by atoms with E-state index in [1.165, 1.54) is 4.90 Å². The molecule has 2 amide bonds. The first-order chi connectivity index (χ1) is 21.2. The summed E-state index contributed by atoms with van der Waals surface area (Å²) in [5.41, 5.74) is -0.352. The number of amides is 2. The Morgan fingerprint density at radius 1 is 1.11 bits per heavy atom. The standard InChI is InChI=1S/C36H44N2O6/c1-5-7-14-20-43-34(42)30-29-32(40)38(28(24-39)21-26-15-10-8-11-16-26)31(36(29)22-25(3)35(30,4)44-36)33(41)37(19-6-2)23-27-17-12-9-13-18-27/h5-6,8-13,15-18,25,28-31,39H,1-2,7,14,19-24H2,3-4H3/t25?,28-,29+,30-,31?,35+,36?/m1/s1. The Kier molecular flexibility index (Phi) is 9.42. The Morgan fingerprint density at radius 2 is 1.77 bits per heavy atom. The van der Waals surface area contributed by atoms with Gasteiger partial charge in [-0.25, -0.2) is 0 Å². The van der Waals surface area contributed by atoms with E-state index >= 15 is 0 Å². The van der Waals surface area contributed by atoms with Crippen LogP contribution in [-0.4, -0.2) is 75.7 Å². The number of rotatable bonds is 14. The quantitative estimate of drug-likeness (QED) is 0.197. The highest BCUT2D eigenvalue weighted by molar-refractivity contribution is 5.99. The van der Waals surface area contributed by atoms with Crippen LogP contribution in [0.1, 0.15) is 44.2 Å². The Labute approximate surface area is 260 Å². The Morgan fingerprint density at radius 3 is 2.39 bits per heavy atom. The lowest BCUT2D eigenvalue weighted by Gasteiger charge is -2.39. The molecule has 3 heterocycles. The average molecular weight is 601 g/mol. The maximum absolute atomic E-state index is 14.8. The molecule has 3 saturated heterocycles. The van der Waals surface area contributed by atoms with Crippen LogP contribution in [0, 0.1) is 17.8 Å². The molecule has 2 aromatic carbocycles. The summed E-state index contributed by atoms with van der Waals surface area (Å²) in [6, 6.07) is 17.5. The third-order valence-electron chi connectivity index (χ3n) is 9.83. The van der Waals surface area contributed by atoms with Gasteiger partial charge in [-0.05, 0) is 49.7 Å². The number of carbonyl (C=O) groups excluding carboxylic acids is 3. The number of carbonyl (C=O) groups is 3. The fourth-order valence-corrected chi connectivity index (χ4v) is 7.70. The minimum absolute atomic E-state index is 0.115. The number of unbranched alkanes of at least 4 members (excludes halogenated alkanes) is 1. The van der Waals surface area contributed by atoms with E-state index in [4.69, 9.17) is 9.47 Å². The summed E-state index contributed by atoms with van der Waals surface area (Å²) < 4.78 is 12.6. The van der Waals surface area contributed by atoms with Gasteiger partial charge in [0.2, 0.25) is 11.8 Å². The molecule has 5 rings (SSSR count). The summed E-state index contributed by atoms with van der Waals surface area (Å²) >= 11 is 0. The molecule has 44 heavy (non-hydrogen) atoms. The molecule has 3 unspecified atom stereocenters. The monoisotopic (exact) mass is 600 g/mol. The van der Waals surface area contributed by atoms with Crippen molar-refractivity contribution in [3.63, 3.8) is 0 Å². The van der Waals surface area contributed by atoms with Crippen molar-refractivity contribution >= 4 is 17.8 Å². The van der Waals surface area contributed by atoms with Crippen LogP contribution in [-0.2, 0) is 36.8 Å². The molecule has 3 aliphatic heterocycles. The van der Waals surface area contributed by atoms with Crippen molar-refractivity contribution in [2.45, 2.75) is 69.4 Å². The lowest BCUT2D eigenvalue weighted by molar-refractivity contribution is -0.164. The lowest BCUT2D eigenvalue weighted by atomic mass is 9.62. The van der Waals surface area contributed by atoms with Crippen LogP contribution < -0.4 is 0 Å². The molecule has 2 aromatic rings. The van der Waals surface area contributed by atoms with E-state index in [2.05, 4.69) is 13.2 Å². The Bertz CT molecular complexity index is 1370. The molecule has 1 spiro atoms. The number of allylic oxidation sites excluding steroid dienone is 1. The molecule has 1 N–H and O–H groups in total. The molecule has 8 heteroatoms. The number of ether oxygens (including phenoxy) is 2. The highest BCUT2D eigenvalue weighted by Gasteiger charge is 2.80. The third kappa shape index (κ3) is 5.50. The summed E-state index contributed by atoms with van der Waals surface area (Å²) in [4.78, 5) is 46.5. The van der Waals surface area contributed by atoms with E-state index in [-0.39, 0.29) is 37.5 Å². The van der Waals surface area contributed by atoms with Crippen LogP contribution in [0.15, 0.2) is 86.0 Å². The maximum Gasteiger partial charge on any atom is 0.312 e. The van der Waals surface area contributed by atoms with E-state index in [1.807, 2.05) is 74.5 Å². The van der Waals surface area contributed by atoms with Crippen molar-refractivity contribution in [3.05, 3.63) is 97.1 Å². The molecule has 0 saturated carbocycles. The van der Waals surface area contributed by atoms with Crippen LogP contribution in [0.3, 0.4) is 0 Å². The highest BCUT2D eigenvalue weighted by Crippen LogP contribution is 2.65. The van der Waals surface area contributed by atoms with E-state index in [0.717, 1.165) is 11.1 Å². The number of benzene rings is 2. The zero-order valence-corrected chi connectivity index (χ0v) is 25.8. The van der Waals surface area contributed by atoms with Gasteiger partial charge in [0.15, 0.2) is 0 Å². The second-order valence-electron chi connectivity index (χ2n) is 12.6. The number of esters is 1. The van der Waals surface area contributed by atoms with Crippen LogP contribution in [0.25, 0.3) is 0 Å². The van der Waals surface area contributed by atoms with Gasteiger partial charge in [-0.15, -0.1) is 13.2 Å². The SMILES string of the molecule is C=CCCCOC(=O)[C@H]1[C@H]2C(=O)N([C@@H](CO)Cc3ccccc3)C(C(=O)N(CC=C)Cc3ccccc3)C23CC(C)[C@]1(C)O3. The number of aliphatic hydroxyl groups is 1. The van der Waals surface area contributed by atoms with Gasteiger partial charge >= 0.3 is 5.97 Å². The van der Waals surface area contributed by atoms with Crippen molar-refractivity contribution in [1.82, 2.24) is 9.80 Å². The predicted molar refractivity (Wildman–Crippen MR) is 167 cm³/mol. The van der Waals surface area contributed by atoms with E-state index < -0.39 is 41.1 Å². The molecular weight excluding hydrogens is 556 g/mol. The number of nitrogens with zero attached hydrogens (tertiary/aromatic N) is 2. The molecular formula is C36H44N2O6. The summed E-state index contributed by atoms with van der Waals surface area (Å²) in [7, 11) is 0. The zero-order valence-electron chi connectivity index (χ0n) is 25.8. The fourth-order valence-electron chi connectivity index (χ4n) is 7.70. The fraction of sp³-hybridized carbons (Fsp3) is 0.472. The first kappa shape index (κ1) is 31.7. The highest BCUT2D eigenvalue weighted by atomic mass is 16.6. The first-order valence-corrected chi connectivity index (χ1v) is 15.6. The molecule has 3 aliphatic rings. The summed E-state index contributed by atoms with van der Waals surface area (Å²) in [5.74, 6) is -3.01. The average Bonchev–Trinajstić information content (AvgIpc) is 3.55. The molecule has 3 fully saturated rings. The lowest BCUT2D eigenvalue weighted by Crippen LogP contribution is -2.59. The van der Waals surface area contributed by atoms with Crippen LogP contribution in [0.2, 0.25) is 0 Å². The number of hydrogen-bond acceptors (Lipinski definition) is 6. The van der Waals surface area contributed by atoms with Gasteiger partial charge in [-0.2, -0.15) is 0 Å². The predicted octanol–water partition coefficient (Wildman–Crippen LogP) is 4.32. The molecule has 234 valence electrons. The maximum atomic E-state index is 14.8. The molecule has 0 radical (unpaired) electrons. The molecule has 0 aromatic heterocycles. The number of aliphatic hydroxyl groups excluding tert-OH is 1. The van der Waals surface area contributed by atoms with E-state index in [0.29, 0.717) is 32.2 Å². The van der Waals surface area contributed by atoms with Crippen molar-refractivity contribution < 1.29 is 29.0 Å². The van der Waals surface area contributed by atoms with Crippen LogP contribution in [0.5, 0.6) is 0 Å².